The number of ether oxygens (including phenoxy) is 1. The second kappa shape index (κ2) is 8.92. The highest BCUT2D eigenvalue weighted by Crippen LogP contribution is 2.32. The third kappa shape index (κ3) is 4.45. The molecule has 0 N–H and O–H groups in total. The lowest BCUT2D eigenvalue weighted by Crippen LogP contribution is -2.48. The Labute approximate surface area is 204 Å². The number of imidazole rings is 1. The van der Waals surface area contributed by atoms with E-state index in [1.165, 1.54) is 17.4 Å². The number of nitrogens with zero attached hydrogens (tertiary/aromatic N) is 4. The van der Waals surface area contributed by atoms with Gasteiger partial charge in [0.1, 0.15) is 10.6 Å². The summed E-state index contributed by atoms with van der Waals surface area (Å²) in [5.41, 5.74) is 2.45. The molecule has 10 heteroatoms. The summed E-state index contributed by atoms with van der Waals surface area (Å²) in [6.07, 6.45) is -2.46. The quantitative estimate of drug-likeness (QED) is 0.379. The minimum absolute atomic E-state index is 0.0762. The van der Waals surface area contributed by atoms with Crippen molar-refractivity contribution in [3.63, 3.8) is 0 Å². The number of aromatic nitrogens is 2. The Morgan fingerprint density at radius 2 is 1.77 bits per heavy atom. The van der Waals surface area contributed by atoms with Crippen LogP contribution in [0, 0.1) is 6.92 Å². The van der Waals surface area contributed by atoms with Crippen LogP contribution < -0.4 is 9.64 Å². The van der Waals surface area contributed by atoms with E-state index in [2.05, 4.69) is 0 Å². The zero-order valence-corrected chi connectivity index (χ0v) is 20.0. The van der Waals surface area contributed by atoms with Gasteiger partial charge >= 0.3 is 6.18 Å². The molecule has 2 aromatic carbocycles. The molecule has 35 heavy (non-hydrogen) atoms. The number of thiazole rings is 1. The van der Waals surface area contributed by atoms with Gasteiger partial charge < -0.3 is 14.5 Å². The highest BCUT2D eigenvalue weighted by atomic mass is 32.1. The molecule has 1 aliphatic rings. The van der Waals surface area contributed by atoms with Crippen molar-refractivity contribution in [2.45, 2.75) is 13.1 Å². The average Bonchev–Trinajstić information content (AvgIpc) is 3.42. The molecule has 6 nitrogen and oxygen atoms in total. The van der Waals surface area contributed by atoms with Gasteiger partial charge in [-0.05, 0) is 49.4 Å². The Morgan fingerprint density at radius 3 is 2.40 bits per heavy atom. The van der Waals surface area contributed by atoms with Crippen molar-refractivity contribution in [3.05, 3.63) is 70.9 Å². The van der Waals surface area contributed by atoms with E-state index in [1.807, 2.05) is 46.7 Å². The predicted molar refractivity (Wildman–Crippen MR) is 129 cm³/mol. The van der Waals surface area contributed by atoms with Crippen molar-refractivity contribution < 1.29 is 22.7 Å². The van der Waals surface area contributed by atoms with Crippen LogP contribution in [0.25, 0.3) is 16.2 Å². The van der Waals surface area contributed by atoms with Gasteiger partial charge in [0.25, 0.3) is 5.91 Å². The summed E-state index contributed by atoms with van der Waals surface area (Å²) in [6, 6.07) is 13.0. The molecule has 0 atom stereocenters. The van der Waals surface area contributed by atoms with E-state index in [0.717, 1.165) is 39.8 Å². The molecule has 0 bridgehead atoms. The smallest absolute Gasteiger partial charge is 0.416 e. The zero-order chi connectivity index (χ0) is 24.7. The van der Waals surface area contributed by atoms with Gasteiger partial charge in [0, 0.05) is 49.3 Å². The Hall–Kier alpha value is -3.53. The fourth-order valence-electron chi connectivity index (χ4n) is 4.24. The number of carbonyl (C=O) groups excluding carboxylic acids is 1. The standard InChI is InChI=1S/C25H23F3N4O2S/c1-16-22(35-24-29-21(15-32(16)24)17-6-8-20(34-2)9-7-17)23(33)31-12-10-30(11-13-31)19-5-3-4-18(14-19)25(26,27)28/h3-9,14-15H,10-13H2,1-2H3. The van der Waals surface area contributed by atoms with E-state index in [4.69, 9.17) is 9.72 Å². The number of fused-ring (bicyclic) bond motifs is 1. The normalized spacial score (nSPS) is 14.5. The lowest BCUT2D eigenvalue weighted by atomic mass is 10.1. The number of amides is 1. The van der Waals surface area contributed by atoms with Gasteiger partial charge in [-0.2, -0.15) is 13.2 Å². The van der Waals surface area contributed by atoms with Crippen molar-refractivity contribution in [2.75, 3.05) is 38.2 Å². The summed E-state index contributed by atoms with van der Waals surface area (Å²) in [4.78, 5) is 23.0. The number of methoxy groups -OCH3 is 1. The second-order valence-corrected chi connectivity index (χ2v) is 9.33. The van der Waals surface area contributed by atoms with Gasteiger partial charge in [-0.3, -0.25) is 9.20 Å². The molecule has 1 saturated heterocycles. The van der Waals surface area contributed by atoms with Crippen LogP contribution in [-0.2, 0) is 6.18 Å². The van der Waals surface area contributed by atoms with Crippen molar-refractivity contribution >= 4 is 27.9 Å². The zero-order valence-electron chi connectivity index (χ0n) is 19.2. The first-order valence-corrected chi connectivity index (χ1v) is 11.9. The van der Waals surface area contributed by atoms with Crippen molar-refractivity contribution in [2.24, 2.45) is 0 Å². The lowest BCUT2D eigenvalue weighted by Gasteiger charge is -2.36. The van der Waals surface area contributed by atoms with Crippen molar-refractivity contribution in [3.8, 4) is 17.0 Å². The minimum Gasteiger partial charge on any atom is -0.497 e. The maximum Gasteiger partial charge on any atom is 0.416 e. The van der Waals surface area contributed by atoms with Crippen LogP contribution in [0.15, 0.2) is 54.7 Å². The number of hydrogen-bond donors (Lipinski definition) is 0. The summed E-state index contributed by atoms with van der Waals surface area (Å²) in [6.45, 7) is 3.71. The number of carbonyl (C=O) groups is 1. The van der Waals surface area contributed by atoms with E-state index in [-0.39, 0.29) is 5.91 Å². The van der Waals surface area contributed by atoms with Gasteiger partial charge in [-0.25, -0.2) is 4.98 Å². The van der Waals surface area contributed by atoms with E-state index in [9.17, 15) is 18.0 Å². The fourth-order valence-corrected chi connectivity index (χ4v) is 5.32. The Kier molecular flexibility index (Phi) is 5.92. The number of anilines is 1. The highest BCUT2D eigenvalue weighted by Gasteiger charge is 2.31. The van der Waals surface area contributed by atoms with Crippen molar-refractivity contribution in [1.29, 1.82) is 0 Å². The fraction of sp³-hybridized carbons (Fsp3) is 0.280. The number of piperazine rings is 1. The first-order chi connectivity index (χ1) is 16.7. The molecule has 1 fully saturated rings. The molecule has 1 amide bonds. The Bertz CT molecular complexity index is 1370. The molecule has 1 aliphatic heterocycles. The third-order valence-corrected chi connectivity index (χ3v) is 7.39. The monoisotopic (exact) mass is 500 g/mol. The summed E-state index contributed by atoms with van der Waals surface area (Å²) in [5, 5.41) is 0. The summed E-state index contributed by atoms with van der Waals surface area (Å²) < 4.78 is 46.3. The molecule has 0 spiro atoms. The van der Waals surface area contributed by atoms with Gasteiger partial charge in [0.2, 0.25) is 0 Å². The van der Waals surface area contributed by atoms with Gasteiger partial charge in [0.15, 0.2) is 4.96 Å². The van der Waals surface area contributed by atoms with E-state index >= 15 is 0 Å². The van der Waals surface area contributed by atoms with Crippen LogP contribution in [0.2, 0.25) is 0 Å². The van der Waals surface area contributed by atoms with E-state index < -0.39 is 11.7 Å². The maximum atomic E-state index is 13.3. The molecule has 0 aliphatic carbocycles. The third-order valence-electron chi connectivity index (χ3n) is 6.24. The number of alkyl halides is 3. The van der Waals surface area contributed by atoms with Crippen LogP contribution in [0.5, 0.6) is 5.75 Å². The number of hydrogen-bond acceptors (Lipinski definition) is 5. The van der Waals surface area contributed by atoms with Crippen LogP contribution in [0.3, 0.4) is 0 Å². The summed E-state index contributed by atoms with van der Waals surface area (Å²) in [7, 11) is 1.62. The Balaban J connectivity index is 1.29. The summed E-state index contributed by atoms with van der Waals surface area (Å²) in [5.74, 6) is 0.694. The molecule has 2 aromatic heterocycles. The molecular formula is C25H23F3N4O2S. The van der Waals surface area contributed by atoms with Crippen LogP contribution in [0.4, 0.5) is 18.9 Å². The maximum absolute atomic E-state index is 13.3. The van der Waals surface area contributed by atoms with Crippen molar-refractivity contribution in [1.82, 2.24) is 14.3 Å². The molecular weight excluding hydrogens is 477 g/mol. The van der Waals surface area contributed by atoms with Gasteiger partial charge in [-0.15, -0.1) is 0 Å². The molecule has 3 heterocycles. The largest absolute Gasteiger partial charge is 0.497 e. The predicted octanol–water partition coefficient (Wildman–Crippen LogP) is 5.36. The van der Waals surface area contributed by atoms with E-state index in [0.29, 0.717) is 36.7 Å². The molecule has 0 unspecified atom stereocenters. The minimum atomic E-state index is -4.38. The topological polar surface area (TPSA) is 50.1 Å². The van der Waals surface area contributed by atoms with Gasteiger partial charge in [-0.1, -0.05) is 17.4 Å². The highest BCUT2D eigenvalue weighted by molar-refractivity contribution is 7.19. The molecule has 5 rings (SSSR count). The molecule has 0 radical (unpaired) electrons. The summed E-state index contributed by atoms with van der Waals surface area (Å²) >= 11 is 1.35. The van der Waals surface area contributed by atoms with Crippen LogP contribution >= 0.6 is 11.3 Å². The van der Waals surface area contributed by atoms with Gasteiger partial charge in [0.05, 0.1) is 18.4 Å². The Morgan fingerprint density at radius 1 is 1.06 bits per heavy atom. The first-order valence-electron chi connectivity index (χ1n) is 11.1. The van der Waals surface area contributed by atoms with Crippen LogP contribution in [-0.4, -0.2) is 53.5 Å². The first kappa shape index (κ1) is 23.2. The second-order valence-electron chi connectivity index (χ2n) is 8.35. The lowest BCUT2D eigenvalue weighted by molar-refractivity contribution is -0.137. The van der Waals surface area contributed by atoms with Crippen LogP contribution in [0.1, 0.15) is 20.9 Å². The number of halogens is 3. The number of aryl methyl sites for hydroxylation is 1. The number of benzene rings is 2. The molecule has 0 saturated carbocycles. The SMILES string of the molecule is COc1ccc(-c2cn3c(C)c(C(=O)N4CCN(c5cccc(C(F)(F)F)c5)CC4)sc3n2)cc1. The molecule has 4 aromatic rings. The molecule has 182 valence electrons. The average molecular weight is 501 g/mol. The van der Waals surface area contributed by atoms with E-state index in [1.54, 1.807) is 18.1 Å². The number of rotatable bonds is 4.